The number of hydrogen-bond acceptors (Lipinski definition) is 6. The zero-order valence-electron chi connectivity index (χ0n) is 13.2. The van der Waals surface area contributed by atoms with Gasteiger partial charge in [-0.2, -0.15) is 0 Å². The van der Waals surface area contributed by atoms with Crippen molar-refractivity contribution in [2.75, 3.05) is 14.2 Å². The van der Waals surface area contributed by atoms with Crippen molar-refractivity contribution in [3.05, 3.63) is 53.1 Å². The van der Waals surface area contributed by atoms with Gasteiger partial charge in [0.15, 0.2) is 0 Å². The quantitative estimate of drug-likeness (QED) is 0.592. The summed E-state index contributed by atoms with van der Waals surface area (Å²) in [7, 11) is 3.19. The van der Waals surface area contributed by atoms with Gasteiger partial charge in [-0.25, -0.2) is 0 Å². The molecule has 0 saturated heterocycles. The Kier molecular flexibility index (Phi) is 5.27. The number of ether oxygens (including phenoxy) is 2. The highest BCUT2D eigenvalue weighted by atomic mass is 35.5. The van der Waals surface area contributed by atoms with Crippen molar-refractivity contribution in [2.24, 2.45) is 0 Å². The first kappa shape index (κ1) is 16.7. The maximum Gasteiger partial charge on any atom is 0.277 e. The molecule has 0 saturated carbocycles. The monoisotopic (exact) mass is 362 g/mol. The molecule has 0 unspecified atom stereocenters. The number of benzene rings is 2. The van der Waals surface area contributed by atoms with E-state index in [1.54, 1.807) is 20.3 Å². The smallest absolute Gasteiger partial charge is 0.277 e. The second-order valence-electron chi connectivity index (χ2n) is 4.89. The summed E-state index contributed by atoms with van der Waals surface area (Å²) in [5, 5.41) is 9.39. The Morgan fingerprint density at radius 1 is 1.00 bits per heavy atom. The highest BCUT2D eigenvalue weighted by Crippen LogP contribution is 2.31. The Morgan fingerprint density at radius 2 is 1.67 bits per heavy atom. The van der Waals surface area contributed by atoms with Crippen LogP contribution in [0.25, 0.3) is 11.5 Å². The molecule has 0 atom stereocenters. The van der Waals surface area contributed by atoms with Gasteiger partial charge in [0.2, 0.25) is 5.89 Å². The normalized spacial score (nSPS) is 10.6. The SMILES string of the molecule is COc1cc(OC)cc(-c2nnc(SCc3ccc(Cl)cc3)o2)c1. The Bertz CT molecular complexity index is 799. The molecule has 0 spiro atoms. The van der Waals surface area contributed by atoms with Crippen LogP contribution in [0, 0.1) is 0 Å². The summed E-state index contributed by atoms with van der Waals surface area (Å²) < 4.78 is 16.2. The van der Waals surface area contributed by atoms with E-state index < -0.39 is 0 Å². The van der Waals surface area contributed by atoms with Crippen LogP contribution in [-0.4, -0.2) is 24.4 Å². The number of aromatic nitrogens is 2. The molecule has 7 heteroatoms. The molecule has 124 valence electrons. The molecule has 0 amide bonds. The van der Waals surface area contributed by atoms with E-state index in [1.807, 2.05) is 36.4 Å². The van der Waals surface area contributed by atoms with Crippen molar-refractivity contribution in [3.63, 3.8) is 0 Å². The van der Waals surface area contributed by atoms with Gasteiger partial charge in [-0.1, -0.05) is 35.5 Å². The van der Waals surface area contributed by atoms with Crippen molar-refractivity contribution < 1.29 is 13.9 Å². The first-order valence-corrected chi connectivity index (χ1v) is 8.48. The molecular formula is C17H15ClN2O3S. The van der Waals surface area contributed by atoms with Crippen LogP contribution < -0.4 is 9.47 Å². The summed E-state index contributed by atoms with van der Waals surface area (Å²) >= 11 is 7.35. The zero-order valence-corrected chi connectivity index (χ0v) is 14.7. The predicted octanol–water partition coefficient (Wildman–Crippen LogP) is 4.70. The third kappa shape index (κ3) is 4.01. The lowest BCUT2D eigenvalue weighted by molar-refractivity contribution is 0.394. The highest BCUT2D eigenvalue weighted by Gasteiger charge is 2.12. The first-order chi connectivity index (χ1) is 11.7. The lowest BCUT2D eigenvalue weighted by atomic mass is 10.2. The number of thioether (sulfide) groups is 1. The minimum absolute atomic E-state index is 0.422. The first-order valence-electron chi connectivity index (χ1n) is 7.12. The molecule has 0 aliphatic carbocycles. The van der Waals surface area contributed by atoms with Crippen LogP contribution in [0.2, 0.25) is 5.02 Å². The third-order valence-electron chi connectivity index (χ3n) is 3.28. The molecule has 3 aromatic rings. The van der Waals surface area contributed by atoms with E-state index in [2.05, 4.69) is 10.2 Å². The average molecular weight is 363 g/mol. The van der Waals surface area contributed by atoms with Crippen molar-refractivity contribution in [3.8, 4) is 23.0 Å². The molecule has 2 aromatic carbocycles. The van der Waals surface area contributed by atoms with E-state index in [0.717, 1.165) is 21.9 Å². The van der Waals surface area contributed by atoms with Crippen LogP contribution in [0.5, 0.6) is 11.5 Å². The molecule has 24 heavy (non-hydrogen) atoms. The molecule has 0 radical (unpaired) electrons. The molecule has 0 aliphatic rings. The fourth-order valence-electron chi connectivity index (χ4n) is 2.04. The van der Waals surface area contributed by atoms with Crippen LogP contribution in [0.1, 0.15) is 5.56 Å². The molecule has 1 heterocycles. The Morgan fingerprint density at radius 3 is 2.29 bits per heavy atom. The van der Waals surface area contributed by atoms with Crippen LogP contribution in [0.4, 0.5) is 0 Å². The minimum atomic E-state index is 0.422. The molecule has 3 rings (SSSR count). The number of nitrogens with zero attached hydrogens (tertiary/aromatic N) is 2. The second-order valence-corrected chi connectivity index (χ2v) is 6.25. The second kappa shape index (κ2) is 7.59. The van der Waals surface area contributed by atoms with Crippen molar-refractivity contribution in [1.29, 1.82) is 0 Å². The fourth-order valence-corrected chi connectivity index (χ4v) is 2.89. The Hall–Kier alpha value is -2.18. The Labute approximate surface area is 148 Å². The van der Waals surface area contributed by atoms with Crippen LogP contribution in [-0.2, 0) is 5.75 Å². The fraction of sp³-hybridized carbons (Fsp3) is 0.176. The average Bonchev–Trinajstić information content (AvgIpc) is 3.10. The van der Waals surface area contributed by atoms with Crippen molar-refractivity contribution >= 4 is 23.4 Å². The molecule has 0 aliphatic heterocycles. The van der Waals surface area contributed by atoms with Gasteiger partial charge < -0.3 is 13.9 Å². The number of hydrogen-bond donors (Lipinski definition) is 0. The minimum Gasteiger partial charge on any atom is -0.497 e. The molecule has 0 N–H and O–H groups in total. The number of rotatable bonds is 6. The van der Waals surface area contributed by atoms with E-state index in [-0.39, 0.29) is 0 Å². The maximum absolute atomic E-state index is 5.88. The summed E-state index contributed by atoms with van der Waals surface area (Å²) in [6.07, 6.45) is 0. The molecule has 0 fully saturated rings. The predicted molar refractivity (Wildman–Crippen MR) is 93.9 cm³/mol. The maximum atomic E-state index is 5.88. The van der Waals surface area contributed by atoms with Gasteiger partial charge in [0.25, 0.3) is 5.22 Å². The van der Waals surface area contributed by atoms with Gasteiger partial charge >= 0.3 is 0 Å². The number of methoxy groups -OCH3 is 2. The lowest BCUT2D eigenvalue weighted by Gasteiger charge is -2.05. The lowest BCUT2D eigenvalue weighted by Crippen LogP contribution is -1.88. The molecule has 0 bridgehead atoms. The summed E-state index contributed by atoms with van der Waals surface area (Å²) in [5.74, 6) is 2.47. The van der Waals surface area contributed by atoms with Crippen LogP contribution >= 0.6 is 23.4 Å². The van der Waals surface area contributed by atoms with Crippen molar-refractivity contribution in [1.82, 2.24) is 10.2 Å². The Balaban J connectivity index is 1.74. The van der Waals surface area contributed by atoms with Gasteiger partial charge in [-0.05, 0) is 29.8 Å². The summed E-state index contributed by atoms with van der Waals surface area (Å²) in [4.78, 5) is 0. The number of halogens is 1. The third-order valence-corrected chi connectivity index (χ3v) is 4.42. The molecule has 5 nitrogen and oxygen atoms in total. The summed E-state index contributed by atoms with van der Waals surface area (Å²) in [6.45, 7) is 0. The van der Waals surface area contributed by atoms with Crippen molar-refractivity contribution in [2.45, 2.75) is 11.0 Å². The summed E-state index contributed by atoms with van der Waals surface area (Å²) in [6, 6.07) is 13.1. The van der Waals surface area contributed by atoms with E-state index in [0.29, 0.717) is 22.6 Å². The van der Waals surface area contributed by atoms with E-state index >= 15 is 0 Å². The van der Waals surface area contributed by atoms with Crippen LogP contribution in [0.15, 0.2) is 52.1 Å². The van der Waals surface area contributed by atoms with Gasteiger partial charge in [0, 0.05) is 22.4 Å². The van der Waals surface area contributed by atoms with Gasteiger partial charge in [-0.3, -0.25) is 0 Å². The molecule has 1 aromatic heterocycles. The zero-order chi connectivity index (χ0) is 16.9. The van der Waals surface area contributed by atoms with E-state index in [4.69, 9.17) is 25.5 Å². The summed E-state index contributed by atoms with van der Waals surface area (Å²) in [5.41, 5.74) is 1.88. The molecular weight excluding hydrogens is 348 g/mol. The van der Waals surface area contributed by atoms with Gasteiger partial charge in [0.05, 0.1) is 14.2 Å². The largest absolute Gasteiger partial charge is 0.497 e. The van der Waals surface area contributed by atoms with Gasteiger partial charge in [0.1, 0.15) is 11.5 Å². The van der Waals surface area contributed by atoms with E-state index in [1.165, 1.54) is 11.8 Å². The van der Waals surface area contributed by atoms with Crippen LogP contribution in [0.3, 0.4) is 0 Å². The van der Waals surface area contributed by atoms with E-state index in [9.17, 15) is 0 Å². The standard InChI is InChI=1S/C17H15ClN2O3S/c1-21-14-7-12(8-15(9-14)22-2)16-19-20-17(23-16)24-10-11-3-5-13(18)6-4-11/h3-9H,10H2,1-2H3. The highest BCUT2D eigenvalue weighted by molar-refractivity contribution is 7.98. The van der Waals surface area contributed by atoms with Gasteiger partial charge in [-0.15, -0.1) is 10.2 Å². The topological polar surface area (TPSA) is 57.4 Å².